The second kappa shape index (κ2) is 5.52. The number of carbonyl (C=O) groups excluding carboxylic acids is 1. The van der Waals surface area contributed by atoms with E-state index in [2.05, 4.69) is 10.6 Å². The summed E-state index contributed by atoms with van der Waals surface area (Å²) < 4.78 is 13.1. The standard InChI is InChI=1S/C12H18FN3O/c1-7(2)16-12(17)6-15-11-4-8(3)9(13)5-10(11)14/h4-5,7,15H,6,14H2,1-3H3,(H,16,17). The minimum Gasteiger partial charge on any atom is -0.397 e. The lowest BCUT2D eigenvalue weighted by Crippen LogP contribution is -2.34. The fourth-order valence-corrected chi connectivity index (χ4v) is 1.40. The van der Waals surface area contributed by atoms with Crippen molar-refractivity contribution in [1.82, 2.24) is 5.32 Å². The molecule has 4 nitrogen and oxygen atoms in total. The van der Waals surface area contributed by atoms with Crippen LogP contribution in [0.25, 0.3) is 0 Å². The molecule has 0 aliphatic rings. The summed E-state index contributed by atoms with van der Waals surface area (Å²) in [5, 5.41) is 5.62. The third-order valence-electron chi connectivity index (χ3n) is 2.22. The average Bonchev–Trinajstić information content (AvgIpc) is 2.20. The number of halogens is 1. The van der Waals surface area contributed by atoms with Crippen molar-refractivity contribution in [2.45, 2.75) is 26.8 Å². The van der Waals surface area contributed by atoms with Gasteiger partial charge in [0, 0.05) is 6.04 Å². The maximum atomic E-state index is 13.1. The fourth-order valence-electron chi connectivity index (χ4n) is 1.40. The summed E-state index contributed by atoms with van der Waals surface area (Å²) >= 11 is 0. The smallest absolute Gasteiger partial charge is 0.239 e. The van der Waals surface area contributed by atoms with Gasteiger partial charge >= 0.3 is 0 Å². The quantitative estimate of drug-likeness (QED) is 0.700. The van der Waals surface area contributed by atoms with Crippen LogP contribution in [0, 0.1) is 12.7 Å². The molecule has 1 aromatic carbocycles. The molecule has 5 heteroatoms. The minimum absolute atomic E-state index is 0.0941. The molecule has 17 heavy (non-hydrogen) atoms. The van der Waals surface area contributed by atoms with Crippen LogP contribution >= 0.6 is 0 Å². The van der Waals surface area contributed by atoms with Gasteiger partial charge in [0.1, 0.15) is 5.82 Å². The van der Waals surface area contributed by atoms with E-state index in [0.29, 0.717) is 16.9 Å². The number of anilines is 2. The predicted octanol–water partition coefficient (Wildman–Crippen LogP) is 1.65. The number of nitrogens with two attached hydrogens (primary N) is 1. The Labute approximate surface area is 100 Å². The molecule has 0 atom stereocenters. The lowest BCUT2D eigenvalue weighted by molar-refractivity contribution is -0.119. The fraction of sp³-hybridized carbons (Fsp3) is 0.417. The Morgan fingerprint density at radius 2 is 2.12 bits per heavy atom. The number of rotatable bonds is 4. The normalized spacial score (nSPS) is 10.4. The van der Waals surface area contributed by atoms with E-state index in [-0.39, 0.29) is 24.3 Å². The van der Waals surface area contributed by atoms with E-state index in [9.17, 15) is 9.18 Å². The lowest BCUT2D eigenvalue weighted by Gasteiger charge is -2.12. The highest BCUT2D eigenvalue weighted by atomic mass is 19.1. The van der Waals surface area contributed by atoms with E-state index >= 15 is 0 Å². The van der Waals surface area contributed by atoms with Gasteiger partial charge in [-0.05, 0) is 38.5 Å². The van der Waals surface area contributed by atoms with Gasteiger partial charge in [0.2, 0.25) is 5.91 Å². The van der Waals surface area contributed by atoms with Crippen LogP contribution in [0.4, 0.5) is 15.8 Å². The van der Waals surface area contributed by atoms with E-state index in [1.807, 2.05) is 13.8 Å². The molecule has 0 unspecified atom stereocenters. The average molecular weight is 239 g/mol. The first-order valence-electron chi connectivity index (χ1n) is 5.49. The monoisotopic (exact) mass is 239 g/mol. The van der Waals surface area contributed by atoms with Crippen molar-refractivity contribution in [3.8, 4) is 0 Å². The Morgan fingerprint density at radius 1 is 1.47 bits per heavy atom. The molecular formula is C12H18FN3O. The van der Waals surface area contributed by atoms with Crippen LogP contribution in [0.1, 0.15) is 19.4 Å². The second-order valence-electron chi connectivity index (χ2n) is 4.26. The van der Waals surface area contributed by atoms with E-state index in [1.54, 1.807) is 13.0 Å². The maximum Gasteiger partial charge on any atom is 0.239 e. The van der Waals surface area contributed by atoms with Crippen molar-refractivity contribution in [3.63, 3.8) is 0 Å². The van der Waals surface area contributed by atoms with Crippen molar-refractivity contribution in [1.29, 1.82) is 0 Å². The zero-order chi connectivity index (χ0) is 13.0. The molecule has 0 bridgehead atoms. The van der Waals surface area contributed by atoms with Crippen molar-refractivity contribution < 1.29 is 9.18 Å². The number of aryl methyl sites for hydroxylation is 1. The summed E-state index contributed by atoms with van der Waals surface area (Å²) in [4.78, 5) is 11.4. The molecule has 0 fully saturated rings. The molecule has 0 aromatic heterocycles. The Morgan fingerprint density at radius 3 is 2.71 bits per heavy atom. The zero-order valence-electron chi connectivity index (χ0n) is 10.3. The summed E-state index contributed by atoms with van der Waals surface area (Å²) in [5.74, 6) is -0.471. The number of amides is 1. The van der Waals surface area contributed by atoms with E-state index < -0.39 is 0 Å². The van der Waals surface area contributed by atoms with Crippen LogP contribution < -0.4 is 16.4 Å². The summed E-state index contributed by atoms with van der Waals surface area (Å²) in [5.41, 5.74) is 7.00. The number of nitrogens with one attached hydrogen (secondary N) is 2. The molecular weight excluding hydrogens is 221 g/mol. The van der Waals surface area contributed by atoms with Gasteiger partial charge in [0.15, 0.2) is 0 Å². The Kier molecular flexibility index (Phi) is 4.31. The number of carbonyl (C=O) groups is 1. The van der Waals surface area contributed by atoms with E-state index in [0.717, 1.165) is 0 Å². The summed E-state index contributed by atoms with van der Waals surface area (Å²) in [7, 11) is 0. The van der Waals surface area contributed by atoms with Gasteiger partial charge in [-0.15, -0.1) is 0 Å². The number of benzene rings is 1. The van der Waals surface area contributed by atoms with Crippen LogP contribution in [-0.4, -0.2) is 18.5 Å². The van der Waals surface area contributed by atoms with Crippen LogP contribution in [0.3, 0.4) is 0 Å². The van der Waals surface area contributed by atoms with Crippen LogP contribution in [0.2, 0.25) is 0 Å². The predicted molar refractivity (Wildman–Crippen MR) is 67.3 cm³/mol. The van der Waals surface area contributed by atoms with Gasteiger partial charge < -0.3 is 16.4 Å². The number of hydrogen-bond donors (Lipinski definition) is 3. The zero-order valence-corrected chi connectivity index (χ0v) is 10.3. The first-order valence-corrected chi connectivity index (χ1v) is 5.49. The molecule has 0 radical (unpaired) electrons. The van der Waals surface area contributed by atoms with Crippen molar-refractivity contribution in [3.05, 3.63) is 23.5 Å². The third kappa shape index (κ3) is 3.94. The van der Waals surface area contributed by atoms with Crippen molar-refractivity contribution in [2.24, 2.45) is 0 Å². The second-order valence-corrected chi connectivity index (χ2v) is 4.26. The molecule has 0 aliphatic heterocycles. The van der Waals surface area contributed by atoms with Crippen LogP contribution in [0.15, 0.2) is 12.1 Å². The number of hydrogen-bond acceptors (Lipinski definition) is 3. The first-order chi connectivity index (χ1) is 7.90. The van der Waals surface area contributed by atoms with Gasteiger partial charge in [-0.25, -0.2) is 4.39 Å². The summed E-state index contributed by atoms with van der Waals surface area (Å²) in [6.45, 7) is 5.53. The van der Waals surface area contributed by atoms with Gasteiger partial charge in [0.25, 0.3) is 0 Å². The molecule has 1 amide bonds. The molecule has 0 saturated heterocycles. The highest BCUT2D eigenvalue weighted by Gasteiger charge is 2.07. The molecule has 0 saturated carbocycles. The minimum atomic E-state index is -0.348. The maximum absolute atomic E-state index is 13.1. The molecule has 1 aromatic rings. The van der Waals surface area contributed by atoms with Gasteiger partial charge in [0.05, 0.1) is 17.9 Å². The molecule has 1 rings (SSSR count). The van der Waals surface area contributed by atoms with Gasteiger partial charge in [-0.3, -0.25) is 4.79 Å². The molecule has 0 spiro atoms. The Bertz CT molecular complexity index is 418. The third-order valence-corrected chi connectivity index (χ3v) is 2.22. The molecule has 94 valence electrons. The van der Waals surface area contributed by atoms with Crippen LogP contribution in [-0.2, 0) is 4.79 Å². The largest absolute Gasteiger partial charge is 0.397 e. The van der Waals surface area contributed by atoms with E-state index in [1.165, 1.54) is 6.07 Å². The van der Waals surface area contributed by atoms with Crippen molar-refractivity contribution >= 4 is 17.3 Å². The summed E-state index contributed by atoms with van der Waals surface area (Å²) in [6.07, 6.45) is 0. The SMILES string of the molecule is Cc1cc(NCC(=O)NC(C)C)c(N)cc1F. The molecule has 0 aliphatic carbocycles. The molecule has 4 N–H and O–H groups in total. The highest BCUT2D eigenvalue weighted by Crippen LogP contribution is 2.22. The van der Waals surface area contributed by atoms with Gasteiger partial charge in [-0.2, -0.15) is 0 Å². The first kappa shape index (κ1) is 13.3. The molecule has 0 heterocycles. The van der Waals surface area contributed by atoms with Gasteiger partial charge in [-0.1, -0.05) is 0 Å². The topological polar surface area (TPSA) is 67.2 Å². The van der Waals surface area contributed by atoms with Crippen LogP contribution in [0.5, 0.6) is 0 Å². The number of nitrogen functional groups attached to an aromatic ring is 1. The Balaban J connectivity index is 2.63. The van der Waals surface area contributed by atoms with Crippen molar-refractivity contribution in [2.75, 3.05) is 17.6 Å². The Hall–Kier alpha value is -1.78. The highest BCUT2D eigenvalue weighted by molar-refractivity contribution is 5.82. The van der Waals surface area contributed by atoms with E-state index in [4.69, 9.17) is 5.73 Å². The summed E-state index contributed by atoms with van der Waals surface area (Å²) in [6, 6.07) is 2.93. The lowest BCUT2D eigenvalue weighted by atomic mass is 10.2.